The van der Waals surface area contributed by atoms with E-state index in [1.165, 1.54) is 0 Å². The third-order valence-corrected chi connectivity index (χ3v) is 3.02. The van der Waals surface area contributed by atoms with Crippen LogP contribution in [-0.2, 0) is 11.2 Å². The Hall–Kier alpha value is -2.27. The van der Waals surface area contributed by atoms with Gasteiger partial charge >= 0.3 is 0 Å². The van der Waals surface area contributed by atoms with Gasteiger partial charge in [0.1, 0.15) is 17.5 Å². The minimum atomic E-state index is -0.0921. The molecule has 5 heteroatoms. The number of hydrogen-bond acceptors (Lipinski definition) is 5. The highest BCUT2D eigenvalue weighted by molar-refractivity contribution is 5.95. The second kappa shape index (κ2) is 7.66. The number of hydrogen-bond donors (Lipinski definition) is 0. The number of aromatic nitrogens is 2. The van der Waals surface area contributed by atoms with Gasteiger partial charge in [0, 0.05) is 36.8 Å². The highest BCUT2D eigenvalue weighted by Crippen LogP contribution is 2.17. The first kappa shape index (κ1) is 16.1. The quantitative estimate of drug-likeness (QED) is 0.736. The normalized spacial score (nSPS) is 12.0. The minimum absolute atomic E-state index is 0.0772. The largest absolute Gasteiger partial charge is 0.488 e. The molecule has 0 fully saturated rings. The zero-order valence-corrected chi connectivity index (χ0v) is 13.1. The van der Waals surface area contributed by atoms with E-state index in [2.05, 4.69) is 9.97 Å². The summed E-state index contributed by atoms with van der Waals surface area (Å²) in [7, 11) is 1.62. The molecule has 0 aliphatic heterocycles. The smallest absolute Gasteiger partial charge is 0.187 e. The molecule has 0 N–H and O–H groups in total. The van der Waals surface area contributed by atoms with Crippen LogP contribution in [0.1, 0.15) is 28.8 Å². The van der Waals surface area contributed by atoms with Gasteiger partial charge in [0.05, 0.1) is 13.0 Å². The summed E-state index contributed by atoms with van der Waals surface area (Å²) in [4.78, 5) is 20.8. The Kier molecular flexibility index (Phi) is 5.61. The molecule has 0 bridgehead atoms. The third-order valence-electron chi connectivity index (χ3n) is 3.02. The molecule has 0 aliphatic carbocycles. The van der Waals surface area contributed by atoms with Gasteiger partial charge in [-0.25, -0.2) is 4.98 Å². The lowest BCUT2D eigenvalue weighted by molar-refractivity contribution is 0.0913. The molecular formula is C17H20N2O3. The lowest BCUT2D eigenvalue weighted by Gasteiger charge is -2.14. The van der Waals surface area contributed by atoms with Gasteiger partial charge in [-0.05, 0) is 26.0 Å². The first-order valence-electron chi connectivity index (χ1n) is 7.16. The fraction of sp³-hybridized carbons (Fsp3) is 0.353. The second-order valence-electron chi connectivity index (χ2n) is 5.13. The van der Waals surface area contributed by atoms with Crippen molar-refractivity contribution in [3.05, 3.63) is 53.6 Å². The maximum absolute atomic E-state index is 12.3. The van der Waals surface area contributed by atoms with Crippen molar-refractivity contribution >= 4 is 5.78 Å². The van der Waals surface area contributed by atoms with Crippen molar-refractivity contribution in [3.8, 4) is 5.75 Å². The maximum atomic E-state index is 12.3. The van der Waals surface area contributed by atoms with Crippen LogP contribution in [0.5, 0.6) is 5.75 Å². The molecule has 2 heterocycles. The van der Waals surface area contributed by atoms with Crippen LogP contribution in [-0.4, -0.2) is 35.6 Å². The summed E-state index contributed by atoms with van der Waals surface area (Å²) in [6, 6.07) is 8.99. The van der Waals surface area contributed by atoms with Crippen LogP contribution < -0.4 is 4.74 Å². The molecule has 0 radical (unpaired) electrons. The molecule has 2 aromatic rings. The Morgan fingerprint density at radius 1 is 1.32 bits per heavy atom. The van der Waals surface area contributed by atoms with Crippen molar-refractivity contribution in [2.24, 2.45) is 0 Å². The van der Waals surface area contributed by atoms with E-state index in [4.69, 9.17) is 9.47 Å². The SMILES string of the molecule is COC[C@H](C)Oc1cc(C)nc(C(=O)Cc2ccccn2)c1. The van der Waals surface area contributed by atoms with Crippen LogP contribution in [0.4, 0.5) is 0 Å². The summed E-state index contributed by atoms with van der Waals surface area (Å²) in [5.41, 5.74) is 1.86. The van der Waals surface area contributed by atoms with Gasteiger partial charge in [-0.3, -0.25) is 9.78 Å². The van der Waals surface area contributed by atoms with Crippen LogP contribution >= 0.6 is 0 Å². The number of carbonyl (C=O) groups is 1. The summed E-state index contributed by atoms with van der Waals surface area (Å²) >= 11 is 0. The lowest BCUT2D eigenvalue weighted by atomic mass is 10.1. The van der Waals surface area contributed by atoms with Gasteiger partial charge in [-0.2, -0.15) is 0 Å². The van der Waals surface area contributed by atoms with E-state index in [0.29, 0.717) is 18.1 Å². The predicted octanol–water partition coefficient (Wildman–Crippen LogP) is 2.62. The van der Waals surface area contributed by atoms with Crippen LogP contribution in [0.2, 0.25) is 0 Å². The molecule has 0 saturated heterocycles. The number of Topliss-reactive ketones (excluding diaryl/α,β-unsaturated/α-hetero) is 1. The van der Waals surface area contributed by atoms with Crippen molar-refractivity contribution in [1.82, 2.24) is 9.97 Å². The molecule has 5 nitrogen and oxygen atoms in total. The van der Waals surface area contributed by atoms with Crippen molar-refractivity contribution in [3.63, 3.8) is 0 Å². The number of ether oxygens (including phenoxy) is 2. The van der Waals surface area contributed by atoms with E-state index >= 15 is 0 Å². The minimum Gasteiger partial charge on any atom is -0.488 e. The predicted molar refractivity (Wildman–Crippen MR) is 83.2 cm³/mol. The first-order chi connectivity index (χ1) is 10.6. The standard InChI is InChI=1S/C17H20N2O3/c1-12-8-15(22-13(2)11-21-3)10-16(19-12)17(20)9-14-6-4-5-7-18-14/h4-8,10,13H,9,11H2,1-3H3/t13-/m0/s1. The summed E-state index contributed by atoms with van der Waals surface area (Å²) in [6.45, 7) is 4.23. The van der Waals surface area contributed by atoms with Crippen molar-refractivity contribution in [2.45, 2.75) is 26.4 Å². The lowest BCUT2D eigenvalue weighted by Crippen LogP contribution is -2.18. The molecule has 2 rings (SSSR count). The topological polar surface area (TPSA) is 61.3 Å². The molecule has 0 amide bonds. The number of methoxy groups -OCH3 is 1. The summed E-state index contributed by atoms with van der Waals surface area (Å²) in [5, 5.41) is 0. The average molecular weight is 300 g/mol. The third kappa shape index (κ3) is 4.63. The Balaban J connectivity index is 2.13. The first-order valence-corrected chi connectivity index (χ1v) is 7.16. The number of carbonyl (C=O) groups excluding carboxylic acids is 1. The number of aryl methyl sites for hydroxylation is 1. The van der Waals surface area contributed by atoms with Gasteiger partial charge < -0.3 is 9.47 Å². The maximum Gasteiger partial charge on any atom is 0.187 e. The average Bonchev–Trinajstić information content (AvgIpc) is 2.47. The summed E-state index contributed by atoms with van der Waals surface area (Å²) in [6.07, 6.45) is 1.81. The Morgan fingerprint density at radius 3 is 2.82 bits per heavy atom. The molecule has 22 heavy (non-hydrogen) atoms. The molecule has 2 aromatic heterocycles. The monoisotopic (exact) mass is 300 g/mol. The van der Waals surface area contributed by atoms with Crippen LogP contribution in [0.25, 0.3) is 0 Å². The van der Waals surface area contributed by atoms with Crippen LogP contribution in [0.15, 0.2) is 36.5 Å². The van der Waals surface area contributed by atoms with Gasteiger partial charge in [-0.15, -0.1) is 0 Å². The molecule has 0 aliphatic rings. The van der Waals surface area contributed by atoms with Gasteiger partial charge in [0.2, 0.25) is 0 Å². The van der Waals surface area contributed by atoms with E-state index in [0.717, 1.165) is 11.4 Å². The molecular weight excluding hydrogens is 280 g/mol. The van der Waals surface area contributed by atoms with Gasteiger partial charge in [0.15, 0.2) is 5.78 Å². The fourth-order valence-electron chi connectivity index (χ4n) is 2.11. The number of rotatable bonds is 7. The van der Waals surface area contributed by atoms with E-state index in [1.54, 1.807) is 19.4 Å². The van der Waals surface area contributed by atoms with Crippen LogP contribution in [0, 0.1) is 6.92 Å². The van der Waals surface area contributed by atoms with E-state index in [9.17, 15) is 4.79 Å². The number of ketones is 1. The molecule has 1 atom stereocenters. The van der Waals surface area contributed by atoms with Crippen molar-refractivity contribution < 1.29 is 14.3 Å². The summed E-state index contributed by atoms with van der Waals surface area (Å²) in [5.74, 6) is 0.549. The highest BCUT2D eigenvalue weighted by atomic mass is 16.5. The molecule has 0 saturated carbocycles. The van der Waals surface area contributed by atoms with Crippen molar-refractivity contribution in [2.75, 3.05) is 13.7 Å². The summed E-state index contributed by atoms with van der Waals surface area (Å²) < 4.78 is 10.8. The number of nitrogens with zero attached hydrogens (tertiary/aromatic N) is 2. The second-order valence-corrected chi connectivity index (χ2v) is 5.13. The molecule has 116 valence electrons. The molecule has 0 aromatic carbocycles. The zero-order valence-electron chi connectivity index (χ0n) is 13.1. The van der Waals surface area contributed by atoms with E-state index in [1.807, 2.05) is 38.1 Å². The molecule has 0 unspecified atom stereocenters. The van der Waals surface area contributed by atoms with Gasteiger partial charge in [-0.1, -0.05) is 6.07 Å². The Bertz CT molecular complexity index is 629. The van der Waals surface area contributed by atoms with Crippen molar-refractivity contribution in [1.29, 1.82) is 0 Å². The Labute approximate surface area is 130 Å². The molecule has 0 spiro atoms. The van der Waals surface area contributed by atoms with Gasteiger partial charge in [0.25, 0.3) is 0 Å². The van der Waals surface area contributed by atoms with E-state index in [-0.39, 0.29) is 18.3 Å². The van der Waals surface area contributed by atoms with E-state index < -0.39 is 0 Å². The van der Waals surface area contributed by atoms with Crippen LogP contribution in [0.3, 0.4) is 0 Å². The zero-order chi connectivity index (χ0) is 15.9. The number of pyridine rings is 2. The fourth-order valence-corrected chi connectivity index (χ4v) is 2.11. The highest BCUT2D eigenvalue weighted by Gasteiger charge is 2.13. The Morgan fingerprint density at radius 2 is 2.14 bits per heavy atom.